The van der Waals surface area contributed by atoms with Crippen molar-refractivity contribution in [3.8, 4) is 0 Å². The molecule has 0 aromatic heterocycles. The number of aliphatic hydroxyl groups is 5. The first kappa shape index (κ1) is 56.2. The van der Waals surface area contributed by atoms with Gasteiger partial charge in [-0.3, -0.25) is 23.4 Å². The highest BCUT2D eigenvalue weighted by Crippen LogP contribution is 2.43. The molecular weight excluding hydrogens is 807 g/mol. The zero-order valence-electron chi connectivity index (χ0n) is 36.7. The minimum absolute atomic E-state index is 0.0291. The molecule has 0 spiro atoms. The zero-order valence-corrected chi connectivity index (χ0v) is 37.6. The summed E-state index contributed by atoms with van der Waals surface area (Å²) in [5.74, 6) is -2.34. The molecule has 0 aromatic carbocycles. The molecule has 0 bridgehead atoms. The van der Waals surface area contributed by atoms with Crippen LogP contribution in [0.2, 0.25) is 0 Å². The number of hydrogen-bond acceptors (Lipinski definition) is 13. The van der Waals surface area contributed by atoms with Gasteiger partial charge in [0.1, 0.15) is 18.5 Å². The van der Waals surface area contributed by atoms with Gasteiger partial charge >= 0.3 is 19.8 Å². The zero-order chi connectivity index (χ0) is 45.1. The van der Waals surface area contributed by atoms with Crippen molar-refractivity contribution in [2.24, 2.45) is 11.8 Å². The molecule has 350 valence electrons. The molecule has 1 aliphatic rings. The molecule has 1 saturated carbocycles. The molecule has 0 heterocycles. The van der Waals surface area contributed by atoms with Gasteiger partial charge < -0.3 is 39.9 Å². The van der Waals surface area contributed by atoms with Gasteiger partial charge in [0.2, 0.25) is 0 Å². The fraction of sp³-hybridized carbons (Fsp3) is 0.717. The predicted molar refractivity (Wildman–Crippen MR) is 235 cm³/mol. The van der Waals surface area contributed by atoms with Gasteiger partial charge in [-0.2, -0.15) is 0 Å². The molecule has 1 aliphatic carbocycles. The summed E-state index contributed by atoms with van der Waals surface area (Å²) < 4.78 is 32.5. The van der Waals surface area contributed by atoms with E-state index in [-0.39, 0.29) is 37.9 Å². The molecule has 14 nitrogen and oxygen atoms in total. The molecule has 0 amide bonds. The number of allylic oxidation sites excluding steroid dienone is 8. The van der Waals surface area contributed by atoms with E-state index < -0.39 is 88.5 Å². The van der Waals surface area contributed by atoms with Gasteiger partial charge in [-0.25, -0.2) is 4.57 Å². The van der Waals surface area contributed by atoms with Crippen LogP contribution in [0.5, 0.6) is 0 Å². The Hall–Kier alpha value is -2.78. The summed E-state index contributed by atoms with van der Waals surface area (Å²) in [5.41, 5.74) is 0. The fourth-order valence-corrected chi connectivity index (χ4v) is 7.36. The lowest BCUT2D eigenvalue weighted by molar-refractivity contribution is -0.161. The number of ether oxygens (including phenoxy) is 2. The first-order valence-electron chi connectivity index (χ1n) is 22.4. The van der Waals surface area contributed by atoms with E-state index in [0.717, 1.165) is 44.9 Å². The molecule has 0 aliphatic heterocycles. The van der Waals surface area contributed by atoms with Crippen LogP contribution in [-0.4, -0.2) is 105 Å². The van der Waals surface area contributed by atoms with E-state index in [0.29, 0.717) is 32.1 Å². The Morgan fingerprint density at radius 2 is 1.28 bits per heavy atom. The van der Waals surface area contributed by atoms with Gasteiger partial charge in [0.15, 0.2) is 6.10 Å². The number of carbonyl (C=O) groups is 3. The molecule has 61 heavy (non-hydrogen) atoms. The quantitative estimate of drug-likeness (QED) is 0.0154. The average molecular weight is 885 g/mol. The van der Waals surface area contributed by atoms with E-state index in [1.165, 1.54) is 19.3 Å². The van der Waals surface area contributed by atoms with Crippen LogP contribution in [-0.2, 0) is 37.5 Å². The number of phosphoric ester groups is 1. The summed E-state index contributed by atoms with van der Waals surface area (Å²) in [6.45, 7) is 1.74. The average Bonchev–Trinajstić information content (AvgIpc) is 3.49. The van der Waals surface area contributed by atoms with Gasteiger partial charge in [-0.1, -0.05) is 107 Å². The molecule has 6 N–H and O–H groups in total. The van der Waals surface area contributed by atoms with Crippen LogP contribution in [0, 0.1) is 11.8 Å². The number of phosphoric acid groups is 1. The van der Waals surface area contributed by atoms with Crippen molar-refractivity contribution in [2.45, 2.75) is 173 Å². The van der Waals surface area contributed by atoms with Crippen molar-refractivity contribution < 1.29 is 67.9 Å². The predicted octanol–water partition coefficient (Wildman–Crippen LogP) is 7.45. The number of aliphatic hydroxyl groups excluding tert-OH is 5. The molecule has 15 heteroatoms. The van der Waals surface area contributed by atoms with Gasteiger partial charge in [0.25, 0.3) is 0 Å². The van der Waals surface area contributed by atoms with Crippen LogP contribution in [0.4, 0.5) is 0 Å². The van der Waals surface area contributed by atoms with Crippen molar-refractivity contribution in [2.75, 3.05) is 26.4 Å². The highest BCUT2D eigenvalue weighted by Gasteiger charge is 2.41. The Morgan fingerprint density at radius 3 is 1.92 bits per heavy atom. The largest absolute Gasteiger partial charge is 0.472 e. The minimum Gasteiger partial charge on any atom is -0.462 e. The second kappa shape index (κ2) is 35.7. The monoisotopic (exact) mass is 885 g/mol. The molecule has 1 fully saturated rings. The number of ketones is 1. The van der Waals surface area contributed by atoms with E-state index in [1.54, 1.807) is 12.2 Å². The van der Waals surface area contributed by atoms with Crippen LogP contribution in [0.15, 0.2) is 60.8 Å². The summed E-state index contributed by atoms with van der Waals surface area (Å²) in [5, 5.41) is 49.6. The third kappa shape index (κ3) is 30.0. The van der Waals surface area contributed by atoms with Crippen molar-refractivity contribution in [1.82, 2.24) is 0 Å². The summed E-state index contributed by atoms with van der Waals surface area (Å²) in [7, 11) is -4.73. The second-order valence-electron chi connectivity index (χ2n) is 15.7. The van der Waals surface area contributed by atoms with Crippen molar-refractivity contribution >= 4 is 25.5 Å². The molecular formula is C46H77O14P. The third-order valence-corrected chi connectivity index (χ3v) is 11.1. The lowest BCUT2D eigenvalue weighted by atomic mass is 9.87. The Labute approximate surface area is 364 Å². The third-order valence-electron chi connectivity index (χ3n) is 10.1. The number of unbranched alkanes of at least 4 members (excludes halogenated alkanes) is 7. The fourth-order valence-electron chi connectivity index (χ4n) is 6.57. The normalized spacial score (nSPS) is 20.9. The highest BCUT2D eigenvalue weighted by molar-refractivity contribution is 7.47. The topological polar surface area (TPSA) is 227 Å². The molecule has 1 unspecified atom stereocenters. The Kier molecular flexibility index (Phi) is 32.9. The maximum absolute atomic E-state index is 12.8. The van der Waals surface area contributed by atoms with E-state index in [2.05, 4.69) is 54.8 Å². The minimum atomic E-state index is -4.73. The number of hydrogen-bond donors (Lipinski definition) is 6. The smallest absolute Gasteiger partial charge is 0.462 e. The van der Waals surface area contributed by atoms with Gasteiger partial charge in [-0.15, -0.1) is 0 Å². The Bertz CT molecular complexity index is 1380. The summed E-state index contributed by atoms with van der Waals surface area (Å²) in [6, 6.07) is 0. The van der Waals surface area contributed by atoms with Crippen molar-refractivity contribution in [1.29, 1.82) is 0 Å². The van der Waals surface area contributed by atoms with Crippen molar-refractivity contribution in [3.63, 3.8) is 0 Å². The first-order valence-corrected chi connectivity index (χ1v) is 23.9. The lowest BCUT2D eigenvalue weighted by Crippen LogP contribution is -2.29. The number of rotatable bonds is 37. The van der Waals surface area contributed by atoms with Crippen LogP contribution < -0.4 is 0 Å². The van der Waals surface area contributed by atoms with Crippen LogP contribution in [0.3, 0.4) is 0 Å². The molecule has 0 saturated heterocycles. The standard InChI is InChI=1S/C46H77O14P/c1-3-5-7-8-9-10-11-12-13-14-15-16-17-18-19-20-22-28-46(54)60-40(36-59-61(55,56)58-34-39(50)33-47)35-57-45(53)27-24-23-26-38(49)31-42-41(43(51)32-44(42)52)30-29-37(48)25-21-6-4-2/h9-10,12-13,15-16,18-19,29-30,37,39-44,47-48,50-52H,3-8,11,14,17,20-28,31-36H2,1-2H3,(H,55,56)/b10-9-,13-12-,16-15-,19-18-,30-29+/t37-,39-,40+,41+,42+,43+,44-/m0/s1. The molecule has 8 atom stereocenters. The van der Waals surface area contributed by atoms with E-state index in [1.807, 2.05) is 12.2 Å². The maximum atomic E-state index is 12.8. The SMILES string of the molecule is CCCCC/C=C\C/C=C\C/C=C\C/C=C\CCCC(=O)O[C@H](COC(=O)CCCCC(=O)C[C@@H]1[C@@H](/C=C/[C@@H](O)CCCCC)[C@H](O)C[C@@H]1O)COP(=O)(O)OC[C@@H](O)CO. The van der Waals surface area contributed by atoms with Crippen LogP contribution >= 0.6 is 7.82 Å². The molecule has 0 radical (unpaired) electrons. The van der Waals surface area contributed by atoms with Crippen LogP contribution in [0.1, 0.15) is 142 Å². The first-order chi connectivity index (χ1) is 29.3. The molecule has 0 aromatic rings. The maximum Gasteiger partial charge on any atom is 0.472 e. The van der Waals surface area contributed by atoms with E-state index in [9.17, 15) is 44.3 Å². The van der Waals surface area contributed by atoms with Gasteiger partial charge in [-0.05, 0) is 64.2 Å². The Balaban J connectivity index is 2.53. The van der Waals surface area contributed by atoms with Crippen molar-refractivity contribution in [3.05, 3.63) is 60.8 Å². The summed E-state index contributed by atoms with van der Waals surface area (Å²) >= 11 is 0. The van der Waals surface area contributed by atoms with E-state index in [4.69, 9.17) is 19.1 Å². The van der Waals surface area contributed by atoms with Gasteiger partial charge in [0, 0.05) is 43.9 Å². The highest BCUT2D eigenvalue weighted by atomic mass is 31.2. The van der Waals surface area contributed by atoms with E-state index >= 15 is 0 Å². The second-order valence-corrected chi connectivity index (χ2v) is 17.1. The lowest BCUT2D eigenvalue weighted by Gasteiger charge is -2.20. The Morgan fingerprint density at radius 1 is 0.705 bits per heavy atom. The number of esters is 2. The number of carbonyl (C=O) groups excluding carboxylic acids is 3. The summed E-state index contributed by atoms with van der Waals surface area (Å²) in [4.78, 5) is 48.0. The molecule has 1 rings (SSSR count). The summed E-state index contributed by atoms with van der Waals surface area (Å²) in [6.07, 6.45) is 28.3. The number of Topliss-reactive ketones (excluding diaryl/α,β-unsaturated/α-hetero) is 1. The van der Waals surface area contributed by atoms with Crippen LogP contribution in [0.25, 0.3) is 0 Å². The van der Waals surface area contributed by atoms with Gasteiger partial charge in [0.05, 0.1) is 38.1 Å².